The summed E-state index contributed by atoms with van der Waals surface area (Å²) in [6.45, 7) is 2.35. The summed E-state index contributed by atoms with van der Waals surface area (Å²) >= 11 is 0. The molecule has 0 bridgehead atoms. The Hall–Kier alpha value is -2.41. The molecule has 0 spiro atoms. The number of nitrogens with zero attached hydrogens (tertiary/aromatic N) is 3. The summed E-state index contributed by atoms with van der Waals surface area (Å²) < 4.78 is 26.9. The van der Waals surface area contributed by atoms with E-state index < -0.39 is 10.0 Å². The lowest BCUT2D eigenvalue weighted by atomic mass is 10.1. The van der Waals surface area contributed by atoms with E-state index in [1.165, 1.54) is 5.56 Å². The third-order valence-corrected chi connectivity index (χ3v) is 5.66. The molecule has 3 heterocycles. The van der Waals surface area contributed by atoms with Gasteiger partial charge in [0.2, 0.25) is 0 Å². The number of anilines is 1. The van der Waals surface area contributed by atoms with E-state index in [9.17, 15) is 13.2 Å². The van der Waals surface area contributed by atoms with Crippen LogP contribution in [0.1, 0.15) is 12.5 Å². The van der Waals surface area contributed by atoms with Crippen molar-refractivity contribution in [3.63, 3.8) is 0 Å². The predicted octanol–water partition coefficient (Wildman–Crippen LogP) is 1.46. The molecule has 4 rings (SSSR count). The summed E-state index contributed by atoms with van der Waals surface area (Å²) in [4.78, 5) is 16.5. The molecular weight excluding hydrogens is 326 g/mol. The smallest absolute Gasteiger partial charge is 0.260 e. The summed E-state index contributed by atoms with van der Waals surface area (Å²) in [5.41, 5.74) is 2.66. The van der Waals surface area contributed by atoms with Crippen LogP contribution in [-0.2, 0) is 21.2 Å². The van der Waals surface area contributed by atoms with Crippen molar-refractivity contribution >= 4 is 27.5 Å². The van der Waals surface area contributed by atoms with Crippen molar-refractivity contribution in [1.82, 2.24) is 4.90 Å². The van der Waals surface area contributed by atoms with Gasteiger partial charge in [0, 0.05) is 24.5 Å². The van der Waals surface area contributed by atoms with Crippen LogP contribution in [0.2, 0.25) is 0 Å². The largest absolute Gasteiger partial charge is 0.330 e. The molecule has 1 aromatic rings. The van der Waals surface area contributed by atoms with Gasteiger partial charge in [-0.2, -0.15) is 0 Å². The first-order valence-electron chi connectivity index (χ1n) is 7.85. The quantitative estimate of drug-likeness (QED) is 0.774. The number of hydrogen-bond acceptors (Lipinski definition) is 4. The van der Waals surface area contributed by atoms with Gasteiger partial charge in [-0.1, -0.05) is 18.2 Å². The van der Waals surface area contributed by atoms with E-state index in [1.54, 1.807) is 23.3 Å². The van der Waals surface area contributed by atoms with E-state index in [-0.39, 0.29) is 17.7 Å². The molecule has 3 aliphatic heterocycles. The molecule has 0 saturated carbocycles. The van der Waals surface area contributed by atoms with Crippen molar-refractivity contribution in [3.05, 3.63) is 53.8 Å². The molecule has 0 fully saturated rings. The summed E-state index contributed by atoms with van der Waals surface area (Å²) in [5, 5.41) is 0. The highest BCUT2D eigenvalue weighted by Crippen LogP contribution is 2.33. The summed E-state index contributed by atoms with van der Waals surface area (Å²) in [5.74, 6) is 0.259. The second kappa shape index (κ2) is 5.31. The first kappa shape index (κ1) is 15.1. The highest BCUT2D eigenvalue weighted by atomic mass is 32.2. The van der Waals surface area contributed by atoms with Gasteiger partial charge in [0.25, 0.3) is 15.9 Å². The Morgan fingerprint density at radius 1 is 1.25 bits per heavy atom. The van der Waals surface area contributed by atoms with E-state index in [4.69, 9.17) is 0 Å². The molecule has 0 aromatic heterocycles. The van der Waals surface area contributed by atoms with E-state index in [0.29, 0.717) is 18.0 Å². The topological polar surface area (TPSA) is 70.1 Å². The van der Waals surface area contributed by atoms with Gasteiger partial charge < -0.3 is 9.80 Å². The SMILES string of the molecule is C[C@@H]1Cc2ccccc2N1C(=O)C1=CN2CCS(=O)(=O)N=C2C=C1. The van der Waals surface area contributed by atoms with E-state index in [1.807, 2.05) is 36.1 Å². The minimum atomic E-state index is -3.38. The fraction of sp³-hybridized carbons (Fsp3) is 0.294. The molecule has 1 atom stereocenters. The van der Waals surface area contributed by atoms with E-state index in [0.717, 1.165) is 12.1 Å². The van der Waals surface area contributed by atoms with Crippen LogP contribution in [0.3, 0.4) is 0 Å². The van der Waals surface area contributed by atoms with Crippen LogP contribution in [-0.4, -0.2) is 43.4 Å². The molecule has 124 valence electrons. The molecular formula is C17H17N3O3S. The third-order valence-electron chi connectivity index (χ3n) is 4.50. The Bertz CT molecular complexity index is 915. The zero-order chi connectivity index (χ0) is 16.9. The van der Waals surface area contributed by atoms with Crippen LogP contribution in [0.15, 0.2) is 52.6 Å². The predicted molar refractivity (Wildman–Crippen MR) is 92.2 cm³/mol. The third kappa shape index (κ3) is 2.45. The molecule has 0 N–H and O–H groups in total. The minimum absolute atomic E-state index is 0.0364. The Morgan fingerprint density at radius 2 is 2.04 bits per heavy atom. The van der Waals surface area contributed by atoms with Crippen LogP contribution in [0.25, 0.3) is 0 Å². The van der Waals surface area contributed by atoms with Gasteiger partial charge in [0.1, 0.15) is 5.84 Å². The van der Waals surface area contributed by atoms with Gasteiger partial charge >= 0.3 is 0 Å². The number of carbonyl (C=O) groups excluding carboxylic acids is 1. The fourth-order valence-electron chi connectivity index (χ4n) is 3.34. The average molecular weight is 343 g/mol. The first-order chi connectivity index (χ1) is 11.4. The minimum Gasteiger partial charge on any atom is -0.330 e. The van der Waals surface area contributed by atoms with Crippen LogP contribution in [0, 0.1) is 0 Å². The van der Waals surface area contributed by atoms with Crippen LogP contribution in [0.4, 0.5) is 5.69 Å². The van der Waals surface area contributed by atoms with Crippen LogP contribution in [0.5, 0.6) is 0 Å². The Kier molecular flexibility index (Phi) is 3.35. The van der Waals surface area contributed by atoms with Gasteiger partial charge in [-0.15, -0.1) is 4.40 Å². The normalized spacial score (nSPS) is 24.1. The maximum Gasteiger partial charge on any atom is 0.260 e. The van der Waals surface area contributed by atoms with Crippen molar-refractivity contribution in [2.24, 2.45) is 4.40 Å². The molecule has 7 heteroatoms. The Balaban J connectivity index is 1.65. The van der Waals surface area contributed by atoms with Crippen molar-refractivity contribution in [3.8, 4) is 0 Å². The number of carbonyl (C=O) groups is 1. The molecule has 0 radical (unpaired) electrons. The molecule has 0 aliphatic carbocycles. The monoisotopic (exact) mass is 343 g/mol. The van der Waals surface area contributed by atoms with Crippen LogP contribution >= 0.6 is 0 Å². The van der Waals surface area contributed by atoms with Crippen molar-refractivity contribution in [2.45, 2.75) is 19.4 Å². The number of fused-ring (bicyclic) bond motifs is 2. The standard InChI is InChI=1S/C17H17N3O3S/c1-12-10-13-4-2-3-5-15(13)20(12)17(21)14-6-7-16-18-24(22,23)9-8-19(16)11-14/h2-7,11-12H,8-10H2,1H3/t12-/m1/s1. The van der Waals surface area contributed by atoms with Gasteiger partial charge in [0.15, 0.2) is 0 Å². The maximum absolute atomic E-state index is 13.0. The molecule has 24 heavy (non-hydrogen) atoms. The number of benzene rings is 1. The second-order valence-corrected chi connectivity index (χ2v) is 7.96. The number of amides is 1. The average Bonchev–Trinajstić information content (AvgIpc) is 2.88. The molecule has 0 saturated heterocycles. The molecule has 3 aliphatic rings. The molecule has 6 nitrogen and oxygen atoms in total. The lowest BCUT2D eigenvalue weighted by Crippen LogP contribution is -2.40. The highest BCUT2D eigenvalue weighted by Gasteiger charge is 2.33. The molecule has 0 unspecified atom stereocenters. The lowest BCUT2D eigenvalue weighted by Gasteiger charge is -2.29. The zero-order valence-corrected chi connectivity index (χ0v) is 14.0. The summed E-state index contributed by atoms with van der Waals surface area (Å²) in [6, 6.07) is 8.02. The fourth-order valence-corrected chi connectivity index (χ4v) is 4.31. The number of hydrogen-bond donors (Lipinski definition) is 0. The molecule has 1 amide bonds. The number of para-hydroxylation sites is 1. The first-order valence-corrected chi connectivity index (χ1v) is 9.46. The van der Waals surface area contributed by atoms with Gasteiger partial charge in [-0.25, -0.2) is 8.42 Å². The molecule has 1 aromatic carbocycles. The summed E-state index contributed by atoms with van der Waals surface area (Å²) in [7, 11) is -3.38. The van der Waals surface area contributed by atoms with E-state index in [2.05, 4.69) is 4.40 Å². The van der Waals surface area contributed by atoms with Gasteiger partial charge in [0.05, 0.1) is 11.3 Å². The highest BCUT2D eigenvalue weighted by molar-refractivity contribution is 7.90. The number of sulfonamides is 1. The summed E-state index contributed by atoms with van der Waals surface area (Å²) in [6.07, 6.45) is 5.78. The Morgan fingerprint density at radius 3 is 2.88 bits per heavy atom. The van der Waals surface area contributed by atoms with Crippen molar-refractivity contribution in [2.75, 3.05) is 17.2 Å². The second-order valence-electron chi connectivity index (χ2n) is 6.20. The number of rotatable bonds is 1. The van der Waals surface area contributed by atoms with E-state index >= 15 is 0 Å². The Labute approximate surface area is 140 Å². The van der Waals surface area contributed by atoms with Crippen molar-refractivity contribution < 1.29 is 13.2 Å². The van der Waals surface area contributed by atoms with Gasteiger partial charge in [-0.3, -0.25) is 4.79 Å². The number of amidine groups is 1. The lowest BCUT2D eigenvalue weighted by molar-refractivity contribution is -0.115. The van der Waals surface area contributed by atoms with Gasteiger partial charge in [-0.05, 0) is 37.1 Å². The van der Waals surface area contributed by atoms with Crippen LogP contribution < -0.4 is 4.90 Å². The zero-order valence-electron chi connectivity index (χ0n) is 13.2. The van der Waals surface area contributed by atoms with Crippen molar-refractivity contribution in [1.29, 1.82) is 0 Å². The maximum atomic E-state index is 13.0.